The number of primary sulfonamides is 1. The molecule has 0 aliphatic heterocycles. The summed E-state index contributed by atoms with van der Waals surface area (Å²) in [6, 6.07) is 12.1. The summed E-state index contributed by atoms with van der Waals surface area (Å²) in [4.78, 5) is 12.0. The Bertz CT molecular complexity index is 1000. The van der Waals surface area contributed by atoms with Crippen molar-refractivity contribution in [2.45, 2.75) is 23.1 Å². The normalized spacial score (nSPS) is 11.9. The van der Waals surface area contributed by atoms with Crippen LogP contribution in [0.5, 0.6) is 0 Å². The van der Waals surface area contributed by atoms with Crippen molar-refractivity contribution in [3.8, 4) is 0 Å². The fourth-order valence-corrected chi connectivity index (χ4v) is 3.78. The van der Waals surface area contributed by atoms with E-state index >= 15 is 0 Å². The first kappa shape index (κ1) is 21.0. The van der Waals surface area contributed by atoms with Crippen LogP contribution in [0.15, 0.2) is 58.3 Å². The van der Waals surface area contributed by atoms with E-state index in [1.54, 1.807) is 12.1 Å². The van der Waals surface area contributed by atoms with E-state index in [9.17, 15) is 21.6 Å². The summed E-state index contributed by atoms with van der Waals surface area (Å²) in [5.41, 5.74) is 1.57. The number of aryl methyl sites for hydroxylation is 1. The van der Waals surface area contributed by atoms with Crippen LogP contribution in [0.2, 0.25) is 0 Å². The number of hydrogen-bond acceptors (Lipinski definition) is 5. The molecule has 0 aromatic heterocycles. The monoisotopic (exact) mass is 411 g/mol. The summed E-state index contributed by atoms with van der Waals surface area (Å²) in [6.07, 6.45) is 0.0373. The number of nitrogens with two attached hydrogens (primary N) is 1. The molecule has 0 fully saturated rings. The second-order valence-corrected chi connectivity index (χ2v) is 9.25. The van der Waals surface area contributed by atoms with Crippen LogP contribution in [-0.4, -0.2) is 35.8 Å². The van der Waals surface area contributed by atoms with E-state index in [1.165, 1.54) is 36.4 Å². The highest BCUT2D eigenvalue weighted by molar-refractivity contribution is 7.89. The fraction of sp³-hybridized carbons (Fsp3) is 0.235. The molecule has 0 saturated carbocycles. The largest absolute Gasteiger partial charge is 0.355 e. The molecule has 0 saturated heterocycles. The van der Waals surface area contributed by atoms with E-state index in [2.05, 4.69) is 10.0 Å². The fourth-order valence-electron chi connectivity index (χ4n) is 2.23. The van der Waals surface area contributed by atoms with Crippen LogP contribution in [-0.2, 0) is 31.3 Å². The molecule has 2 aromatic carbocycles. The third kappa shape index (κ3) is 6.43. The highest BCUT2D eigenvalue weighted by atomic mass is 32.2. The van der Waals surface area contributed by atoms with Gasteiger partial charge < -0.3 is 5.32 Å². The molecule has 0 unspecified atom stereocenters. The van der Waals surface area contributed by atoms with Crippen molar-refractivity contribution in [1.82, 2.24) is 10.0 Å². The molecule has 0 radical (unpaired) electrons. The predicted molar refractivity (Wildman–Crippen MR) is 101 cm³/mol. The van der Waals surface area contributed by atoms with Crippen LogP contribution in [0.3, 0.4) is 0 Å². The van der Waals surface area contributed by atoms with Crippen LogP contribution >= 0.6 is 0 Å². The van der Waals surface area contributed by atoms with Crippen molar-refractivity contribution in [1.29, 1.82) is 0 Å². The minimum Gasteiger partial charge on any atom is -0.355 e. The lowest BCUT2D eigenvalue weighted by molar-refractivity contribution is -0.120. The molecule has 0 heterocycles. The van der Waals surface area contributed by atoms with Gasteiger partial charge in [-0.25, -0.2) is 26.7 Å². The Kier molecular flexibility index (Phi) is 6.71. The average molecular weight is 412 g/mol. The number of carbonyl (C=O) groups is 1. The van der Waals surface area contributed by atoms with Gasteiger partial charge in [0.15, 0.2) is 0 Å². The van der Waals surface area contributed by atoms with E-state index in [1.807, 2.05) is 6.92 Å². The van der Waals surface area contributed by atoms with Gasteiger partial charge >= 0.3 is 0 Å². The Morgan fingerprint density at radius 1 is 0.889 bits per heavy atom. The van der Waals surface area contributed by atoms with Crippen LogP contribution in [0.25, 0.3) is 0 Å². The van der Waals surface area contributed by atoms with E-state index in [0.29, 0.717) is 5.56 Å². The number of amides is 1. The Labute approximate surface area is 158 Å². The van der Waals surface area contributed by atoms with Gasteiger partial charge in [0.25, 0.3) is 0 Å². The summed E-state index contributed by atoms with van der Waals surface area (Å²) >= 11 is 0. The van der Waals surface area contributed by atoms with Crippen molar-refractivity contribution in [2.24, 2.45) is 5.14 Å². The Hall–Kier alpha value is -2.27. The number of sulfonamides is 2. The standard InChI is InChI=1S/C17H21N3O5S2/c1-13-2-6-16(7-3-13)27(24,25)20-11-10-19-17(21)12-14-4-8-15(9-5-14)26(18,22)23/h2-9,20H,10-12H2,1H3,(H,19,21)(H2,18,22,23). The van der Waals surface area contributed by atoms with Crippen LogP contribution in [0, 0.1) is 6.92 Å². The Morgan fingerprint density at radius 3 is 2.00 bits per heavy atom. The Morgan fingerprint density at radius 2 is 1.44 bits per heavy atom. The molecule has 0 spiro atoms. The molecule has 27 heavy (non-hydrogen) atoms. The van der Waals surface area contributed by atoms with Gasteiger partial charge in [0, 0.05) is 13.1 Å². The maximum atomic E-state index is 12.1. The molecule has 1 amide bonds. The van der Waals surface area contributed by atoms with E-state index in [4.69, 9.17) is 5.14 Å². The van der Waals surface area contributed by atoms with Gasteiger partial charge in [-0.15, -0.1) is 0 Å². The highest BCUT2D eigenvalue weighted by Gasteiger charge is 2.13. The molecule has 146 valence electrons. The molecule has 8 nitrogen and oxygen atoms in total. The smallest absolute Gasteiger partial charge is 0.240 e. The first-order valence-electron chi connectivity index (χ1n) is 8.03. The van der Waals surface area contributed by atoms with Gasteiger partial charge in [-0.05, 0) is 36.8 Å². The van der Waals surface area contributed by atoms with Crippen molar-refractivity contribution in [3.05, 3.63) is 59.7 Å². The number of rotatable bonds is 8. The van der Waals surface area contributed by atoms with Crippen LogP contribution < -0.4 is 15.2 Å². The summed E-state index contributed by atoms with van der Waals surface area (Å²) in [5, 5.41) is 7.61. The van der Waals surface area contributed by atoms with Gasteiger partial charge in [0.2, 0.25) is 26.0 Å². The van der Waals surface area contributed by atoms with Crippen LogP contribution in [0.4, 0.5) is 0 Å². The first-order chi connectivity index (χ1) is 12.6. The zero-order valence-corrected chi connectivity index (χ0v) is 16.3. The molecule has 0 aliphatic rings. The highest BCUT2D eigenvalue weighted by Crippen LogP contribution is 2.10. The predicted octanol–water partition coefficient (Wildman–Crippen LogP) is 0.280. The molecular formula is C17H21N3O5S2. The van der Waals surface area contributed by atoms with Gasteiger partial charge in [0.1, 0.15) is 0 Å². The lowest BCUT2D eigenvalue weighted by Crippen LogP contribution is -2.35. The third-order valence-corrected chi connectivity index (χ3v) is 6.09. The molecule has 2 rings (SSSR count). The lowest BCUT2D eigenvalue weighted by atomic mass is 10.1. The molecule has 2 aromatic rings. The summed E-state index contributed by atoms with van der Waals surface area (Å²) in [6.45, 7) is 2.04. The maximum Gasteiger partial charge on any atom is 0.240 e. The van der Waals surface area contributed by atoms with Crippen molar-refractivity contribution in [3.63, 3.8) is 0 Å². The quantitative estimate of drug-likeness (QED) is 0.536. The van der Waals surface area contributed by atoms with Crippen molar-refractivity contribution < 1.29 is 21.6 Å². The maximum absolute atomic E-state index is 12.1. The molecule has 0 bridgehead atoms. The summed E-state index contributed by atoms with van der Waals surface area (Å²) < 4.78 is 49.0. The second kappa shape index (κ2) is 8.61. The lowest BCUT2D eigenvalue weighted by Gasteiger charge is -2.09. The molecule has 4 N–H and O–H groups in total. The summed E-state index contributed by atoms with van der Waals surface area (Å²) in [7, 11) is -7.39. The number of hydrogen-bond donors (Lipinski definition) is 3. The minimum absolute atomic E-state index is 0.0304. The third-order valence-electron chi connectivity index (χ3n) is 3.69. The molecular weight excluding hydrogens is 390 g/mol. The topological polar surface area (TPSA) is 135 Å². The molecule has 0 atom stereocenters. The first-order valence-corrected chi connectivity index (χ1v) is 11.1. The van der Waals surface area contributed by atoms with Gasteiger partial charge in [-0.3, -0.25) is 4.79 Å². The van der Waals surface area contributed by atoms with Crippen molar-refractivity contribution in [2.75, 3.05) is 13.1 Å². The zero-order chi connectivity index (χ0) is 20.1. The van der Waals surface area contributed by atoms with E-state index < -0.39 is 20.0 Å². The number of benzene rings is 2. The Balaban J connectivity index is 1.80. The number of carbonyl (C=O) groups excluding carboxylic acids is 1. The average Bonchev–Trinajstić information content (AvgIpc) is 2.59. The molecule has 10 heteroatoms. The summed E-state index contributed by atoms with van der Waals surface area (Å²) in [5.74, 6) is -0.312. The SMILES string of the molecule is Cc1ccc(S(=O)(=O)NCCNC(=O)Cc2ccc(S(N)(=O)=O)cc2)cc1. The number of nitrogens with one attached hydrogen (secondary N) is 2. The van der Waals surface area contributed by atoms with Gasteiger partial charge in [-0.2, -0.15) is 0 Å². The second-order valence-electron chi connectivity index (χ2n) is 5.93. The van der Waals surface area contributed by atoms with Crippen LogP contribution in [0.1, 0.15) is 11.1 Å². The van der Waals surface area contributed by atoms with E-state index in [0.717, 1.165) is 5.56 Å². The van der Waals surface area contributed by atoms with E-state index in [-0.39, 0.29) is 35.2 Å². The van der Waals surface area contributed by atoms with Crippen molar-refractivity contribution >= 4 is 26.0 Å². The molecule has 0 aliphatic carbocycles. The van der Waals surface area contributed by atoms with Gasteiger partial charge in [0.05, 0.1) is 16.2 Å². The van der Waals surface area contributed by atoms with Gasteiger partial charge in [-0.1, -0.05) is 29.8 Å². The zero-order valence-electron chi connectivity index (χ0n) is 14.7. The minimum atomic E-state index is -3.77.